The zero-order valence-electron chi connectivity index (χ0n) is 15.9. The second-order valence-electron chi connectivity index (χ2n) is 7.29. The molecule has 8 nitrogen and oxygen atoms in total. The molecule has 2 aliphatic heterocycles. The van der Waals surface area contributed by atoms with Gasteiger partial charge in [0.1, 0.15) is 11.8 Å². The normalized spacial score (nSPS) is 19.0. The van der Waals surface area contributed by atoms with Crippen molar-refractivity contribution in [3.8, 4) is 0 Å². The van der Waals surface area contributed by atoms with Crippen LogP contribution >= 0.6 is 0 Å². The summed E-state index contributed by atoms with van der Waals surface area (Å²) in [6, 6.07) is 9.33. The Hall–Kier alpha value is -3.16. The molecule has 8 heteroatoms. The van der Waals surface area contributed by atoms with Gasteiger partial charge in [0.2, 0.25) is 0 Å². The number of imide groups is 1. The lowest BCUT2D eigenvalue weighted by molar-refractivity contribution is -0.134. The maximum atomic E-state index is 13.0. The molecule has 4 rings (SSSR count). The molecule has 4 amide bonds. The van der Waals surface area contributed by atoms with Crippen LogP contribution in [0.4, 0.5) is 4.79 Å². The van der Waals surface area contributed by atoms with E-state index in [1.807, 2.05) is 30.3 Å². The third-order valence-electron chi connectivity index (χ3n) is 5.64. The van der Waals surface area contributed by atoms with E-state index in [0.717, 1.165) is 5.56 Å². The van der Waals surface area contributed by atoms with Gasteiger partial charge >= 0.3 is 6.03 Å². The number of hydrogen-bond acceptors (Lipinski definition) is 5. The van der Waals surface area contributed by atoms with E-state index in [1.165, 1.54) is 18.2 Å². The Labute approximate surface area is 162 Å². The number of amides is 4. The van der Waals surface area contributed by atoms with Crippen molar-refractivity contribution >= 4 is 17.8 Å². The van der Waals surface area contributed by atoms with Gasteiger partial charge in [0, 0.05) is 33.6 Å². The highest BCUT2D eigenvalue weighted by molar-refractivity contribution is 6.07. The van der Waals surface area contributed by atoms with Gasteiger partial charge in [-0.3, -0.25) is 14.5 Å². The zero-order valence-corrected chi connectivity index (χ0v) is 15.9. The van der Waals surface area contributed by atoms with Gasteiger partial charge in [-0.2, -0.15) is 0 Å². The lowest BCUT2D eigenvalue weighted by Crippen LogP contribution is -2.57. The van der Waals surface area contributed by atoms with Crippen molar-refractivity contribution in [1.29, 1.82) is 0 Å². The Kier molecular flexibility index (Phi) is 4.41. The Balaban J connectivity index is 1.55. The molecule has 0 aliphatic carbocycles. The van der Waals surface area contributed by atoms with Crippen LogP contribution in [0.3, 0.4) is 0 Å². The van der Waals surface area contributed by atoms with Crippen LogP contribution in [0.1, 0.15) is 34.8 Å². The number of carbonyl (C=O) groups excluding carboxylic acids is 3. The van der Waals surface area contributed by atoms with E-state index in [0.29, 0.717) is 38.4 Å². The number of urea groups is 1. The van der Waals surface area contributed by atoms with Crippen molar-refractivity contribution in [2.75, 3.05) is 20.1 Å². The highest BCUT2D eigenvalue weighted by Crippen LogP contribution is 2.38. The summed E-state index contributed by atoms with van der Waals surface area (Å²) in [5, 5.41) is 0. The van der Waals surface area contributed by atoms with Gasteiger partial charge in [-0.25, -0.2) is 9.78 Å². The predicted molar refractivity (Wildman–Crippen MR) is 99.3 cm³/mol. The fourth-order valence-electron chi connectivity index (χ4n) is 4.05. The van der Waals surface area contributed by atoms with Crippen molar-refractivity contribution in [3.63, 3.8) is 0 Å². The Bertz CT molecular complexity index is 915. The number of aryl methyl sites for hydroxylation is 1. The smallest absolute Gasteiger partial charge is 0.327 e. The van der Waals surface area contributed by atoms with Crippen LogP contribution < -0.4 is 0 Å². The molecule has 3 heterocycles. The number of likely N-dealkylation sites (N-methyl/N-ethyl adjacent to an activating group) is 1. The molecule has 1 spiro atoms. The fraction of sp³-hybridized carbons (Fsp3) is 0.400. The number of oxazole rings is 1. The first-order valence-corrected chi connectivity index (χ1v) is 9.27. The standard InChI is InChI=1S/C20H22N4O4/c1-14-21-16(13-28-14)17(25)23-10-8-20(9-11-23)18(26)22(2)19(27)24(20)12-15-6-4-3-5-7-15/h3-7,13H,8-12H2,1-2H3. The average Bonchev–Trinajstić information content (AvgIpc) is 3.22. The molecule has 2 aliphatic rings. The first-order chi connectivity index (χ1) is 13.4. The summed E-state index contributed by atoms with van der Waals surface area (Å²) in [4.78, 5) is 47.0. The number of hydrogen-bond donors (Lipinski definition) is 0. The molecule has 2 aromatic rings. The second-order valence-corrected chi connectivity index (χ2v) is 7.29. The van der Waals surface area contributed by atoms with E-state index < -0.39 is 5.54 Å². The van der Waals surface area contributed by atoms with Gasteiger partial charge in [0.15, 0.2) is 11.6 Å². The number of carbonyl (C=O) groups is 3. The maximum absolute atomic E-state index is 13.0. The predicted octanol–water partition coefficient (Wildman–Crippen LogP) is 2.05. The molecular formula is C20H22N4O4. The Morgan fingerprint density at radius 3 is 2.46 bits per heavy atom. The molecule has 1 aromatic heterocycles. The number of rotatable bonds is 3. The van der Waals surface area contributed by atoms with Crippen molar-refractivity contribution in [2.45, 2.75) is 31.8 Å². The van der Waals surface area contributed by atoms with E-state index in [9.17, 15) is 14.4 Å². The average molecular weight is 382 g/mol. The van der Waals surface area contributed by atoms with Crippen LogP contribution in [-0.4, -0.2) is 63.2 Å². The van der Waals surface area contributed by atoms with Crippen LogP contribution in [0.5, 0.6) is 0 Å². The van der Waals surface area contributed by atoms with Gasteiger partial charge in [-0.1, -0.05) is 30.3 Å². The molecule has 0 atom stereocenters. The van der Waals surface area contributed by atoms with Gasteiger partial charge in [-0.15, -0.1) is 0 Å². The molecule has 146 valence electrons. The highest BCUT2D eigenvalue weighted by Gasteiger charge is 2.57. The summed E-state index contributed by atoms with van der Waals surface area (Å²) in [6.07, 6.45) is 2.15. The third kappa shape index (κ3) is 2.85. The molecule has 0 N–H and O–H groups in total. The topological polar surface area (TPSA) is 87.0 Å². The van der Waals surface area contributed by atoms with Gasteiger partial charge < -0.3 is 14.2 Å². The lowest BCUT2D eigenvalue weighted by atomic mass is 9.85. The maximum Gasteiger partial charge on any atom is 0.327 e. The molecule has 28 heavy (non-hydrogen) atoms. The Morgan fingerprint density at radius 1 is 1.18 bits per heavy atom. The molecule has 2 fully saturated rings. The summed E-state index contributed by atoms with van der Waals surface area (Å²) >= 11 is 0. The second kappa shape index (κ2) is 6.78. The van der Waals surface area contributed by atoms with Crippen LogP contribution in [-0.2, 0) is 11.3 Å². The zero-order chi connectivity index (χ0) is 19.9. The summed E-state index contributed by atoms with van der Waals surface area (Å²) < 4.78 is 5.13. The summed E-state index contributed by atoms with van der Waals surface area (Å²) in [6.45, 7) is 2.81. The first kappa shape index (κ1) is 18.2. The number of benzene rings is 1. The van der Waals surface area contributed by atoms with E-state index in [4.69, 9.17) is 4.42 Å². The SMILES string of the molecule is Cc1nc(C(=O)N2CCC3(CC2)C(=O)N(C)C(=O)N3Cc2ccccc2)co1. The van der Waals surface area contributed by atoms with E-state index >= 15 is 0 Å². The minimum absolute atomic E-state index is 0.196. The number of nitrogens with zero attached hydrogens (tertiary/aromatic N) is 4. The first-order valence-electron chi connectivity index (χ1n) is 9.27. The highest BCUT2D eigenvalue weighted by atomic mass is 16.3. The number of piperidine rings is 1. The van der Waals surface area contributed by atoms with Crippen molar-refractivity contribution in [3.05, 3.63) is 53.7 Å². The minimum atomic E-state index is -0.905. The van der Waals surface area contributed by atoms with Crippen molar-refractivity contribution < 1.29 is 18.8 Å². The monoisotopic (exact) mass is 382 g/mol. The molecular weight excluding hydrogens is 360 g/mol. The summed E-state index contributed by atoms with van der Waals surface area (Å²) in [5.41, 5.74) is 0.327. The van der Waals surface area contributed by atoms with Crippen LogP contribution in [0, 0.1) is 6.92 Å². The molecule has 0 bridgehead atoms. The van der Waals surface area contributed by atoms with Gasteiger partial charge in [-0.05, 0) is 18.4 Å². The summed E-state index contributed by atoms with van der Waals surface area (Å²) in [5.74, 6) is 0.0216. The van der Waals surface area contributed by atoms with Gasteiger partial charge in [0.25, 0.3) is 11.8 Å². The third-order valence-corrected chi connectivity index (χ3v) is 5.64. The molecule has 2 saturated heterocycles. The lowest BCUT2D eigenvalue weighted by Gasteiger charge is -2.42. The summed E-state index contributed by atoms with van der Waals surface area (Å²) in [7, 11) is 1.52. The van der Waals surface area contributed by atoms with E-state index in [1.54, 1.807) is 16.7 Å². The Morgan fingerprint density at radius 2 is 1.86 bits per heavy atom. The van der Waals surface area contributed by atoms with Crippen molar-refractivity contribution in [1.82, 2.24) is 19.7 Å². The largest absolute Gasteiger partial charge is 0.448 e. The molecule has 0 saturated carbocycles. The van der Waals surface area contributed by atoms with E-state index in [-0.39, 0.29) is 23.5 Å². The van der Waals surface area contributed by atoms with Crippen LogP contribution in [0.25, 0.3) is 0 Å². The van der Waals surface area contributed by atoms with Crippen LogP contribution in [0.2, 0.25) is 0 Å². The number of likely N-dealkylation sites (tertiary alicyclic amines) is 1. The van der Waals surface area contributed by atoms with E-state index in [2.05, 4.69) is 4.98 Å². The quantitative estimate of drug-likeness (QED) is 0.759. The minimum Gasteiger partial charge on any atom is -0.448 e. The van der Waals surface area contributed by atoms with Gasteiger partial charge in [0.05, 0.1) is 0 Å². The fourth-order valence-corrected chi connectivity index (χ4v) is 4.05. The molecule has 1 aromatic carbocycles. The van der Waals surface area contributed by atoms with Crippen LogP contribution in [0.15, 0.2) is 41.0 Å². The molecule has 0 radical (unpaired) electrons. The van der Waals surface area contributed by atoms with Crippen molar-refractivity contribution in [2.24, 2.45) is 0 Å². The number of aromatic nitrogens is 1. The molecule has 0 unspecified atom stereocenters.